The summed E-state index contributed by atoms with van der Waals surface area (Å²) in [5, 5.41) is 0.789. The molecule has 7 heteroatoms. The maximum Gasteiger partial charge on any atom is 0.331 e. The second kappa shape index (κ2) is 11.1. The van der Waals surface area contributed by atoms with Crippen LogP contribution in [0.4, 0.5) is 0 Å². The first-order valence-corrected chi connectivity index (χ1v) is 12.3. The highest BCUT2D eigenvalue weighted by atomic mass is 35.5. The van der Waals surface area contributed by atoms with Gasteiger partial charge in [0, 0.05) is 30.4 Å². The van der Waals surface area contributed by atoms with E-state index in [0.717, 1.165) is 59.9 Å². The summed E-state index contributed by atoms with van der Waals surface area (Å²) < 4.78 is 8.53. The van der Waals surface area contributed by atoms with E-state index in [1.165, 1.54) is 4.57 Å². The van der Waals surface area contributed by atoms with E-state index in [1.54, 1.807) is 17.7 Å². The minimum Gasteiger partial charge on any atom is -0.494 e. The molecule has 2 heterocycles. The summed E-state index contributed by atoms with van der Waals surface area (Å²) in [4.78, 5) is 28.0. The van der Waals surface area contributed by atoms with Crippen LogP contribution in [0.1, 0.15) is 36.6 Å². The minimum atomic E-state index is -0.273. The summed E-state index contributed by atoms with van der Waals surface area (Å²) >= 11 is 6.43. The van der Waals surface area contributed by atoms with Crippen LogP contribution in [0.15, 0.2) is 64.2 Å². The third-order valence-electron chi connectivity index (χ3n) is 6.62. The standard InChI is InChI=1S/C27H32ClN3O3/c1-3-34-24-9-10-25(28)22(16-24)15-20-11-13-30(14-12-20)19-23-17-26(32)31(27(33)29(23)2)18-21-7-5-4-6-8-21/h4-10,16-17,20H,3,11-15,18-19H2,1-2H3. The Morgan fingerprint density at radius 3 is 2.44 bits per heavy atom. The summed E-state index contributed by atoms with van der Waals surface area (Å²) in [6.07, 6.45) is 3.03. The van der Waals surface area contributed by atoms with E-state index in [1.807, 2.05) is 49.4 Å². The quantitative estimate of drug-likeness (QED) is 0.486. The van der Waals surface area contributed by atoms with Gasteiger partial charge in [-0.25, -0.2) is 4.79 Å². The van der Waals surface area contributed by atoms with Crippen molar-refractivity contribution in [2.24, 2.45) is 13.0 Å². The zero-order chi connectivity index (χ0) is 24.1. The van der Waals surface area contributed by atoms with Crippen LogP contribution >= 0.6 is 11.6 Å². The average Bonchev–Trinajstić information content (AvgIpc) is 2.84. The van der Waals surface area contributed by atoms with Crippen molar-refractivity contribution in [1.29, 1.82) is 0 Å². The third-order valence-corrected chi connectivity index (χ3v) is 6.99. The van der Waals surface area contributed by atoms with E-state index >= 15 is 0 Å². The lowest BCUT2D eigenvalue weighted by molar-refractivity contribution is 0.173. The molecule has 1 fully saturated rings. The molecule has 0 aliphatic carbocycles. The zero-order valence-corrected chi connectivity index (χ0v) is 20.6. The van der Waals surface area contributed by atoms with Gasteiger partial charge in [0.15, 0.2) is 0 Å². The second-order valence-electron chi connectivity index (χ2n) is 9.00. The van der Waals surface area contributed by atoms with E-state index in [4.69, 9.17) is 16.3 Å². The molecule has 1 aliphatic rings. The predicted molar refractivity (Wildman–Crippen MR) is 136 cm³/mol. The minimum absolute atomic E-state index is 0.249. The van der Waals surface area contributed by atoms with Crippen molar-refractivity contribution < 1.29 is 4.74 Å². The van der Waals surface area contributed by atoms with Gasteiger partial charge in [0.1, 0.15) is 5.75 Å². The first-order chi connectivity index (χ1) is 16.4. The lowest BCUT2D eigenvalue weighted by Crippen LogP contribution is -2.42. The number of hydrogen-bond acceptors (Lipinski definition) is 4. The van der Waals surface area contributed by atoms with Crippen LogP contribution in [-0.4, -0.2) is 33.7 Å². The maximum atomic E-state index is 12.9. The Bertz CT molecular complexity index is 1230. The second-order valence-corrected chi connectivity index (χ2v) is 9.40. The summed E-state index contributed by atoms with van der Waals surface area (Å²) in [7, 11) is 1.75. The van der Waals surface area contributed by atoms with Crippen molar-refractivity contribution in [3.8, 4) is 5.75 Å². The summed E-state index contributed by atoms with van der Waals surface area (Å²) in [6, 6.07) is 17.1. The van der Waals surface area contributed by atoms with Crippen LogP contribution in [-0.2, 0) is 26.6 Å². The Kier molecular flexibility index (Phi) is 7.91. The number of rotatable bonds is 8. The van der Waals surface area contributed by atoms with E-state index in [0.29, 0.717) is 19.1 Å². The molecule has 0 unspecified atom stereocenters. The molecule has 4 rings (SSSR count). The normalized spacial score (nSPS) is 14.9. The van der Waals surface area contributed by atoms with Gasteiger partial charge in [-0.3, -0.25) is 18.8 Å². The van der Waals surface area contributed by atoms with Gasteiger partial charge in [-0.1, -0.05) is 41.9 Å². The Hall–Kier alpha value is -2.83. The molecule has 1 saturated heterocycles. The Balaban J connectivity index is 1.38. The highest BCUT2D eigenvalue weighted by Crippen LogP contribution is 2.29. The molecule has 0 bridgehead atoms. The highest BCUT2D eigenvalue weighted by molar-refractivity contribution is 6.31. The van der Waals surface area contributed by atoms with Crippen LogP contribution in [0.3, 0.4) is 0 Å². The van der Waals surface area contributed by atoms with Crippen LogP contribution in [0.2, 0.25) is 5.02 Å². The van der Waals surface area contributed by atoms with Crippen molar-refractivity contribution >= 4 is 11.6 Å². The summed E-state index contributed by atoms with van der Waals surface area (Å²) in [6.45, 7) is 5.35. The van der Waals surface area contributed by atoms with E-state index < -0.39 is 0 Å². The number of nitrogens with zero attached hydrogens (tertiary/aromatic N) is 3. The van der Waals surface area contributed by atoms with E-state index in [9.17, 15) is 9.59 Å². The fourth-order valence-electron chi connectivity index (χ4n) is 4.63. The molecule has 6 nitrogen and oxygen atoms in total. The average molecular weight is 482 g/mol. The fourth-order valence-corrected chi connectivity index (χ4v) is 4.83. The first-order valence-electron chi connectivity index (χ1n) is 11.9. The van der Waals surface area contributed by atoms with Gasteiger partial charge in [-0.15, -0.1) is 0 Å². The molecule has 0 saturated carbocycles. The largest absolute Gasteiger partial charge is 0.494 e. The van der Waals surface area contributed by atoms with Crippen molar-refractivity contribution in [3.63, 3.8) is 0 Å². The van der Waals surface area contributed by atoms with Crippen molar-refractivity contribution in [1.82, 2.24) is 14.0 Å². The predicted octanol–water partition coefficient (Wildman–Crippen LogP) is 4.10. The lowest BCUT2D eigenvalue weighted by Gasteiger charge is -2.32. The Morgan fingerprint density at radius 1 is 1.00 bits per heavy atom. The Morgan fingerprint density at radius 2 is 1.74 bits per heavy atom. The number of hydrogen-bond donors (Lipinski definition) is 0. The van der Waals surface area contributed by atoms with Gasteiger partial charge in [-0.05, 0) is 74.5 Å². The number of benzene rings is 2. The van der Waals surface area contributed by atoms with Crippen LogP contribution in [0.25, 0.3) is 0 Å². The van der Waals surface area contributed by atoms with Crippen molar-refractivity contribution in [2.75, 3.05) is 19.7 Å². The summed E-state index contributed by atoms with van der Waals surface area (Å²) in [5.74, 6) is 1.41. The smallest absolute Gasteiger partial charge is 0.331 e. The molecule has 0 atom stereocenters. The molecule has 180 valence electrons. The lowest BCUT2D eigenvalue weighted by atomic mass is 9.90. The van der Waals surface area contributed by atoms with Gasteiger partial charge in [0.2, 0.25) is 0 Å². The number of ether oxygens (including phenoxy) is 1. The summed E-state index contributed by atoms with van der Waals surface area (Å²) in [5.41, 5.74) is 2.30. The van der Waals surface area contributed by atoms with Crippen molar-refractivity contribution in [3.05, 3.63) is 97.3 Å². The topological polar surface area (TPSA) is 56.5 Å². The molecule has 34 heavy (non-hydrogen) atoms. The van der Waals surface area contributed by atoms with Crippen molar-refractivity contribution in [2.45, 2.75) is 39.3 Å². The molecular formula is C27H32ClN3O3. The van der Waals surface area contributed by atoms with Crippen LogP contribution in [0.5, 0.6) is 5.75 Å². The van der Waals surface area contributed by atoms with E-state index in [2.05, 4.69) is 11.0 Å². The molecular weight excluding hydrogens is 450 g/mol. The maximum absolute atomic E-state index is 12.9. The third kappa shape index (κ3) is 5.80. The first kappa shape index (κ1) is 24.3. The zero-order valence-electron chi connectivity index (χ0n) is 19.9. The van der Waals surface area contributed by atoms with Crippen LogP contribution < -0.4 is 16.0 Å². The molecule has 0 spiro atoms. The molecule has 0 N–H and O–H groups in total. The molecule has 1 aliphatic heterocycles. The highest BCUT2D eigenvalue weighted by Gasteiger charge is 2.22. The van der Waals surface area contributed by atoms with E-state index in [-0.39, 0.29) is 17.8 Å². The number of piperidine rings is 1. The van der Waals surface area contributed by atoms with Crippen LogP contribution in [0, 0.1) is 5.92 Å². The van der Waals surface area contributed by atoms with Gasteiger partial charge < -0.3 is 4.74 Å². The van der Waals surface area contributed by atoms with Gasteiger partial charge >= 0.3 is 5.69 Å². The van der Waals surface area contributed by atoms with Gasteiger partial charge in [0.25, 0.3) is 5.56 Å². The monoisotopic (exact) mass is 481 g/mol. The number of aromatic nitrogens is 2. The number of likely N-dealkylation sites (tertiary alicyclic amines) is 1. The molecule has 1 aromatic heterocycles. The fraction of sp³-hybridized carbons (Fsp3) is 0.407. The SMILES string of the molecule is CCOc1ccc(Cl)c(CC2CCN(Cc3cc(=O)n(Cc4ccccc4)c(=O)n3C)CC2)c1. The number of halogens is 1. The van der Waals surface area contributed by atoms with Gasteiger partial charge in [-0.2, -0.15) is 0 Å². The van der Waals surface area contributed by atoms with Gasteiger partial charge in [0.05, 0.1) is 13.2 Å². The molecule has 2 aromatic carbocycles. The molecule has 0 amide bonds. The Labute approximate surface area is 205 Å². The molecule has 3 aromatic rings. The molecule has 0 radical (unpaired) electrons.